The van der Waals surface area contributed by atoms with Crippen LogP contribution in [-0.4, -0.2) is 81.9 Å². The normalized spacial score (nSPS) is 14.1. The van der Waals surface area contributed by atoms with Gasteiger partial charge >= 0.3 is 5.97 Å². The van der Waals surface area contributed by atoms with Crippen molar-refractivity contribution in [3.63, 3.8) is 0 Å². The summed E-state index contributed by atoms with van der Waals surface area (Å²) in [6.07, 6.45) is 4.95. The Bertz CT molecular complexity index is 880. The van der Waals surface area contributed by atoms with Crippen molar-refractivity contribution >= 4 is 29.6 Å². The quantitative estimate of drug-likeness (QED) is 0.0823. The summed E-state index contributed by atoms with van der Waals surface area (Å²) in [5.41, 5.74) is 22.3. The van der Waals surface area contributed by atoms with Crippen LogP contribution in [0.4, 0.5) is 0 Å². The van der Waals surface area contributed by atoms with Gasteiger partial charge in [-0.05, 0) is 51.6 Å². The summed E-state index contributed by atoms with van der Waals surface area (Å²) in [5, 5.41) is 17.0. The Kier molecular flexibility index (Phi) is 14.5. The number of rotatable bonds is 19. The SMILES string of the molecule is NCCCCC(NC(=O)C(CCCCN)NC(=O)C(Cc1cnc[nH]1)NC(=O)C(N)CC(N)=O)C(=O)O. The van der Waals surface area contributed by atoms with Gasteiger partial charge in [-0.15, -0.1) is 0 Å². The van der Waals surface area contributed by atoms with Crippen molar-refractivity contribution in [2.45, 2.75) is 75.5 Å². The van der Waals surface area contributed by atoms with Gasteiger partial charge in [0, 0.05) is 18.3 Å². The van der Waals surface area contributed by atoms with E-state index in [9.17, 15) is 29.1 Å². The van der Waals surface area contributed by atoms with Gasteiger partial charge in [0.25, 0.3) is 0 Å². The number of hydrogen-bond acceptors (Lipinski definition) is 9. The number of nitrogens with two attached hydrogens (primary N) is 4. The van der Waals surface area contributed by atoms with Gasteiger partial charge in [-0.3, -0.25) is 19.2 Å². The van der Waals surface area contributed by atoms with Gasteiger partial charge in [0.05, 0.1) is 18.8 Å². The maximum absolute atomic E-state index is 13.2. The molecule has 0 aromatic carbocycles. The number of aromatic amines is 1. The summed E-state index contributed by atoms with van der Waals surface area (Å²) in [6, 6.07) is -4.70. The largest absolute Gasteiger partial charge is 0.480 e. The van der Waals surface area contributed by atoms with Crippen LogP contribution in [0.2, 0.25) is 0 Å². The van der Waals surface area contributed by atoms with Crippen LogP contribution in [0.15, 0.2) is 12.5 Å². The summed E-state index contributed by atoms with van der Waals surface area (Å²) in [6.45, 7) is 0.764. The second-order valence-electron chi connectivity index (χ2n) is 8.65. The van der Waals surface area contributed by atoms with Gasteiger partial charge in [0.15, 0.2) is 0 Å². The van der Waals surface area contributed by atoms with Crippen LogP contribution in [0.5, 0.6) is 0 Å². The summed E-state index contributed by atoms with van der Waals surface area (Å²) in [7, 11) is 0. The molecule has 1 aromatic heterocycles. The average Bonchev–Trinajstić information content (AvgIpc) is 3.35. The van der Waals surface area contributed by atoms with E-state index in [1.54, 1.807) is 0 Å². The first-order valence-electron chi connectivity index (χ1n) is 12.1. The number of H-pyrrole nitrogens is 1. The zero-order valence-electron chi connectivity index (χ0n) is 20.8. The van der Waals surface area contributed by atoms with Crippen molar-refractivity contribution in [1.82, 2.24) is 25.9 Å². The maximum atomic E-state index is 13.2. The number of aliphatic carboxylic acids is 1. The predicted octanol–water partition coefficient (Wildman–Crippen LogP) is -3.05. The molecule has 4 amide bonds. The first kappa shape index (κ1) is 31.5. The van der Waals surface area contributed by atoms with Crippen LogP contribution in [0, 0.1) is 0 Å². The molecule has 4 unspecified atom stereocenters. The number of imidazole rings is 1. The van der Waals surface area contributed by atoms with E-state index in [-0.39, 0.29) is 19.3 Å². The zero-order valence-corrected chi connectivity index (χ0v) is 20.8. The molecule has 208 valence electrons. The molecule has 0 spiro atoms. The minimum Gasteiger partial charge on any atom is -0.480 e. The predicted molar refractivity (Wildman–Crippen MR) is 133 cm³/mol. The fourth-order valence-electron chi connectivity index (χ4n) is 3.47. The number of carboxylic acids is 1. The summed E-state index contributed by atoms with van der Waals surface area (Å²) in [4.78, 5) is 68.1. The Hall–Kier alpha value is -3.56. The van der Waals surface area contributed by atoms with Crippen LogP contribution in [0.1, 0.15) is 50.6 Å². The Morgan fingerprint density at radius 2 is 1.41 bits per heavy atom. The van der Waals surface area contributed by atoms with E-state index in [0.29, 0.717) is 44.5 Å². The lowest BCUT2D eigenvalue weighted by molar-refractivity contribution is -0.142. The number of nitrogens with zero attached hydrogens (tertiary/aromatic N) is 1. The Labute approximate surface area is 214 Å². The molecule has 1 rings (SSSR count). The fraction of sp³-hybridized carbons (Fsp3) is 0.636. The van der Waals surface area contributed by atoms with Crippen molar-refractivity contribution in [1.29, 1.82) is 0 Å². The van der Waals surface area contributed by atoms with E-state index in [1.165, 1.54) is 12.5 Å². The highest BCUT2D eigenvalue weighted by atomic mass is 16.4. The first-order valence-corrected chi connectivity index (χ1v) is 12.1. The van der Waals surface area contributed by atoms with Gasteiger partial charge in [-0.1, -0.05) is 0 Å². The van der Waals surface area contributed by atoms with E-state index in [0.717, 1.165) is 0 Å². The lowest BCUT2D eigenvalue weighted by Crippen LogP contribution is -2.57. The molecule has 1 aromatic rings. The van der Waals surface area contributed by atoms with Crippen LogP contribution < -0.4 is 38.9 Å². The minimum atomic E-state index is -1.27. The number of aromatic nitrogens is 2. The van der Waals surface area contributed by atoms with Crippen LogP contribution >= 0.6 is 0 Å². The molecule has 0 aliphatic rings. The van der Waals surface area contributed by atoms with Gasteiger partial charge in [-0.2, -0.15) is 0 Å². The number of carboxylic acid groups (broad SMARTS) is 1. The van der Waals surface area contributed by atoms with Crippen LogP contribution in [-0.2, 0) is 30.4 Å². The third kappa shape index (κ3) is 12.3. The molecule has 0 saturated carbocycles. The van der Waals surface area contributed by atoms with Crippen molar-refractivity contribution in [2.24, 2.45) is 22.9 Å². The topological polar surface area (TPSA) is 274 Å². The molecule has 13 N–H and O–H groups in total. The van der Waals surface area contributed by atoms with E-state index >= 15 is 0 Å². The highest BCUT2D eigenvalue weighted by Gasteiger charge is 2.30. The molecule has 15 nitrogen and oxygen atoms in total. The molecular weight excluding hydrogens is 486 g/mol. The first-order chi connectivity index (χ1) is 17.6. The van der Waals surface area contributed by atoms with E-state index in [2.05, 4.69) is 25.9 Å². The van der Waals surface area contributed by atoms with Crippen molar-refractivity contribution < 1.29 is 29.1 Å². The molecular formula is C22H39N9O6. The van der Waals surface area contributed by atoms with E-state index in [1.807, 2.05) is 0 Å². The van der Waals surface area contributed by atoms with Gasteiger partial charge in [-0.25, -0.2) is 9.78 Å². The molecule has 1 heterocycles. The molecule has 0 saturated heterocycles. The van der Waals surface area contributed by atoms with Crippen LogP contribution in [0.3, 0.4) is 0 Å². The third-order valence-electron chi connectivity index (χ3n) is 5.51. The number of nitrogens with one attached hydrogen (secondary N) is 4. The minimum absolute atomic E-state index is 0.0190. The average molecular weight is 526 g/mol. The maximum Gasteiger partial charge on any atom is 0.326 e. The highest BCUT2D eigenvalue weighted by molar-refractivity contribution is 5.95. The van der Waals surface area contributed by atoms with E-state index in [4.69, 9.17) is 22.9 Å². The number of carbonyl (C=O) groups excluding carboxylic acids is 4. The lowest BCUT2D eigenvalue weighted by atomic mass is 10.0. The number of carbonyl (C=O) groups is 5. The molecule has 0 bridgehead atoms. The molecule has 37 heavy (non-hydrogen) atoms. The number of primary amides is 1. The summed E-state index contributed by atoms with van der Waals surface area (Å²) < 4.78 is 0. The zero-order chi connectivity index (χ0) is 27.8. The van der Waals surface area contributed by atoms with E-state index < -0.39 is 60.2 Å². The molecule has 0 radical (unpaired) electrons. The Morgan fingerprint density at radius 3 is 1.92 bits per heavy atom. The standard InChI is InChI=1S/C22H39N9O6/c23-7-3-1-5-15(20(34)30-16(22(36)37)6-2-4-8-24)29-21(35)17(9-13-11-27-12-28-13)31-19(33)14(25)10-18(26)32/h11-12,14-17H,1-10,23-25H2,(H2,26,32)(H,27,28)(H,29,35)(H,30,34)(H,31,33)(H,36,37). The second-order valence-corrected chi connectivity index (χ2v) is 8.65. The molecule has 0 aliphatic carbocycles. The Balaban J connectivity index is 3.02. The molecule has 4 atom stereocenters. The smallest absolute Gasteiger partial charge is 0.326 e. The number of amides is 4. The fourth-order valence-corrected chi connectivity index (χ4v) is 3.47. The molecule has 0 fully saturated rings. The lowest BCUT2D eigenvalue weighted by Gasteiger charge is -2.25. The van der Waals surface area contributed by atoms with Crippen LogP contribution in [0.25, 0.3) is 0 Å². The third-order valence-corrected chi connectivity index (χ3v) is 5.51. The van der Waals surface area contributed by atoms with Gasteiger partial charge in [0.2, 0.25) is 23.6 Å². The van der Waals surface area contributed by atoms with Crippen molar-refractivity contribution in [2.75, 3.05) is 13.1 Å². The summed E-state index contributed by atoms with van der Waals surface area (Å²) >= 11 is 0. The second kappa shape index (κ2) is 17.0. The van der Waals surface area contributed by atoms with Gasteiger partial charge < -0.3 is 49.0 Å². The summed E-state index contributed by atoms with van der Waals surface area (Å²) in [5.74, 6) is -4.16. The molecule has 15 heteroatoms. The molecule has 0 aliphatic heterocycles. The monoisotopic (exact) mass is 525 g/mol. The highest BCUT2D eigenvalue weighted by Crippen LogP contribution is 2.07. The van der Waals surface area contributed by atoms with Crippen molar-refractivity contribution in [3.8, 4) is 0 Å². The number of unbranched alkanes of at least 4 members (excludes halogenated alkanes) is 2. The number of hydrogen-bond donors (Lipinski definition) is 9. The Morgan fingerprint density at radius 1 is 0.865 bits per heavy atom. The van der Waals surface area contributed by atoms with Gasteiger partial charge in [0.1, 0.15) is 18.1 Å². The van der Waals surface area contributed by atoms with Crippen molar-refractivity contribution in [3.05, 3.63) is 18.2 Å².